The minimum absolute atomic E-state index is 0.0221. The Morgan fingerprint density at radius 3 is 2.47 bits per heavy atom. The van der Waals surface area contributed by atoms with E-state index in [9.17, 15) is 4.79 Å². The van der Waals surface area contributed by atoms with Gasteiger partial charge < -0.3 is 15.5 Å². The predicted octanol–water partition coefficient (Wildman–Crippen LogP) is 2.21. The van der Waals surface area contributed by atoms with Crippen LogP contribution in [0.15, 0.2) is 16.5 Å². The van der Waals surface area contributed by atoms with E-state index in [-0.39, 0.29) is 23.2 Å². The lowest BCUT2D eigenvalue weighted by molar-refractivity contribution is -0.126. The van der Waals surface area contributed by atoms with Gasteiger partial charge in [-0.2, -0.15) is 0 Å². The second kappa shape index (κ2) is 6.24. The van der Waals surface area contributed by atoms with Gasteiger partial charge in [0.15, 0.2) is 0 Å². The molecule has 0 bridgehead atoms. The van der Waals surface area contributed by atoms with E-state index in [1.165, 1.54) is 0 Å². The van der Waals surface area contributed by atoms with E-state index in [1.807, 2.05) is 32.9 Å². The van der Waals surface area contributed by atoms with Crippen LogP contribution < -0.4 is 11.1 Å². The van der Waals surface area contributed by atoms with Gasteiger partial charge in [0.1, 0.15) is 11.5 Å². The van der Waals surface area contributed by atoms with Gasteiger partial charge in [0, 0.05) is 18.5 Å². The van der Waals surface area contributed by atoms with Crippen molar-refractivity contribution in [3.63, 3.8) is 0 Å². The van der Waals surface area contributed by atoms with Crippen molar-refractivity contribution >= 4 is 5.91 Å². The molecule has 1 heterocycles. The molecule has 0 aromatic carbocycles. The molecule has 0 spiro atoms. The molecule has 0 saturated carbocycles. The maximum absolute atomic E-state index is 12.1. The minimum Gasteiger partial charge on any atom is -0.466 e. The SMILES string of the molecule is Cc1ccc(C(C)(C)CNC(=O)C(CN)C(C)C)o1. The number of carbonyl (C=O) groups is 1. The van der Waals surface area contributed by atoms with Gasteiger partial charge in [-0.15, -0.1) is 0 Å². The van der Waals surface area contributed by atoms with Crippen molar-refractivity contribution in [2.45, 2.75) is 40.0 Å². The number of nitrogens with two attached hydrogens (primary N) is 1. The quantitative estimate of drug-likeness (QED) is 0.829. The van der Waals surface area contributed by atoms with E-state index in [0.717, 1.165) is 11.5 Å². The summed E-state index contributed by atoms with van der Waals surface area (Å²) in [5, 5.41) is 2.98. The fourth-order valence-corrected chi connectivity index (χ4v) is 2.01. The first-order chi connectivity index (χ1) is 8.77. The molecule has 0 saturated heterocycles. The summed E-state index contributed by atoms with van der Waals surface area (Å²) in [4.78, 5) is 12.1. The van der Waals surface area contributed by atoms with Crippen molar-refractivity contribution in [3.05, 3.63) is 23.7 Å². The summed E-state index contributed by atoms with van der Waals surface area (Å²) in [6, 6.07) is 3.90. The summed E-state index contributed by atoms with van der Waals surface area (Å²) < 4.78 is 5.64. The van der Waals surface area contributed by atoms with Crippen LogP contribution in [0, 0.1) is 18.8 Å². The lowest BCUT2D eigenvalue weighted by atomic mass is 9.89. The first-order valence-electron chi connectivity index (χ1n) is 6.82. The van der Waals surface area contributed by atoms with E-state index in [1.54, 1.807) is 0 Å². The molecule has 1 aromatic rings. The molecule has 19 heavy (non-hydrogen) atoms. The maximum atomic E-state index is 12.1. The van der Waals surface area contributed by atoms with Crippen LogP contribution in [0.2, 0.25) is 0 Å². The smallest absolute Gasteiger partial charge is 0.224 e. The normalized spacial score (nSPS) is 13.6. The van der Waals surface area contributed by atoms with E-state index >= 15 is 0 Å². The molecule has 3 N–H and O–H groups in total. The van der Waals surface area contributed by atoms with Crippen molar-refractivity contribution in [1.82, 2.24) is 5.32 Å². The monoisotopic (exact) mass is 266 g/mol. The summed E-state index contributed by atoms with van der Waals surface area (Å²) in [5.74, 6) is 1.91. The zero-order valence-corrected chi connectivity index (χ0v) is 12.6. The van der Waals surface area contributed by atoms with Gasteiger partial charge in [-0.1, -0.05) is 27.7 Å². The van der Waals surface area contributed by atoms with Crippen molar-refractivity contribution < 1.29 is 9.21 Å². The van der Waals surface area contributed by atoms with Gasteiger partial charge in [0.2, 0.25) is 5.91 Å². The zero-order valence-electron chi connectivity index (χ0n) is 12.6. The molecule has 0 aliphatic carbocycles. The third kappa shape index (κ3) is 4.10. The van der Waals surface area contributed by atoms with Crippen LogP contribution in [0.25, 0.3) is 0 Å². The number of amides is 1. The molecule has 1 aromatic heterocycles. The topological polar surface area (TPSA) is 68.3 Å². The summed E-state index contributed by atoms with van der Waals surface area (Å²) in [6.45, 7) is 11.0. The first kappa shape index (κ1) is 15.8. The molecule has 0 aliphatic heterocycles. The Morgan fingerprint density at radius 2 is 2.05 bits per heavy atom. The zero-order chi connectivity index (χ0) is 14.6. The summed E-state index contributed by atoms with van der Waals surface area (Å²) >= 11 is 0. The number of hydrogen-bond acceptors (Lipinski definition) is 3. The Hall–Kier alpha value is -1.29. The average molecular weight is 266 g/mol. The fourth-order valence-electron chi connectivity index (χ4n) is 2.01. The molecule has 1 rings (SSSR count). The van der Waals surface area contributed by atoms with E-state index in [0.29, 0.717) is 13.1 Å². The molecule has 1 atom stereocenters. The highest BCUT2D eigenvalue weighted by atomic mass is 16.3. The Bertz CT molecular complexity index is 422. The highest BCUT2D eigenvalue weighted by Crippen LogP contribution is 2.24. The Balaban J connectivity index is 2.63. The van der Waals surface area contributed by atoms with Crippen LogP contribution in [-0.4, -0.2) is 19.0 Å². The predicted molar refractivity (Wildman–Crippen MR) is 76.9 cm³/mol. The van der Waals surface area contributed by atoms with Crippen LogP contribution in [0.1, 0.15) is 39.2 Å². The standard InChI is InChI=1S/C15H26N2O2/c1-10(2)12(8-16)14(18)17-9-15(4,5)13-7-6-11(3)19-13/h6-7,10,12H,8-9,16H2,1-5H3,(H,17,18). The molecule has 0 fully saturated rings. The van der Waals surface area contributed by atoms with Gasteiger partial charge in [-0.05, 0) is 25.0 Å². The molecule has 0 radical (unpaired) electrons. The largest absolute Gasteiger partial charge is 0.466 e. The van der Waals surface area contributed by atoms with Crippen LogP contribution in [0.4, 0.5) is 0 Å². The second-order valence-corrected chi connectivity index (χ2v) is 6.10. The van der Waals surface area contributed by atoms with Crippen LogP contribution in [-0.2, 0) is 10.2 Å². The van der Waals surface area contributed by atoms with Crippen LogP contribution >= 0.6 is 0 Å². The molecular formula is C15H26N2O2. The lowest BCUT2D eigenvalue weighted by Crippen LogP contribution is -2.43. The van der Waals surface area contributed by atoms with Crippen LogP contribution in [0.5, 0.6) is 0 Å². The van der Waals surface area contributed by atoms with Crippen molar-refractivity contribution in [1.29, 1.82) is 0 Å². The molecule has 0 aliphatic rings. The van der Waals surface area contributed by atoms with Gasteiger partial charge in [-0.3, -0.25) is 4.79 Å². The number of furan rings is 1. The van der Waals surface area contributed by atoms with E-state index < -0.39 is 0 Å². The van der Waals surface area contributed by atoms with Gasteiger partial charge in [0.05, 0.1) is 5.92 Å². The molecular weight excluding hydrogens is 240 g/mol. The van der Waals surface area contributed by atoms with Gasteiger partial charge >= 0.3 is 0 Å². The van der Waals surface area contributed by atoms with E-state index in [4.69, 9.17) is 10.2 Å². The molecule has 108 valence electrons. The number of carbonyl (C=O) groups excluding carboxylic acids is 1. The highest BCUT2D eigenvalue weighted by molar-refractivity contribution is 5.79. The van der Waals surface area contributed by atoms with Crippen molar-refractivity contribution in [2.75, 3.05) is 13.1 Å². The van der Waals surface area contributed by atoms with Gasteiger partial charge in [-0.25, -0.2) is 0 Å². The summed E-state index contributed by atoms with van der Waals surface area (Å²) in [6.07, 6.45) is 0. The number of nitrogens with one attached hydrogen (secondary N) is 1. The summed E-state index contributed by atoms with van der Waals surface area (Å²) in [5.41, 5.74) is 5.43. The van der Waals surface area contributed by atoms with Crippen molar-refractivity contribution in [2.24, 2.45) is 17.6 Å². The Morgan fingerprint density at radius 1 is 1.42 bits per heavy atom. The lowest BCUT2D eigenvalue weighted by Gasteiger charge is -2.25. The molecule has 1 amide bonds. The molecule has 4 heteroatoms. The number of hydrogen-bond donors (Lipinski definition) is 2. The number of aryl methyl sites for hydroxylation is 1. The number of rotatable bonds is 6. The van der Waals surface area contributed by atoms with Gasteiger partial charge in [0.25, 0.3) is 0 Å². The third-order valence-corrected chi connectivity index (χ3v) is 3.51. The Kier molecular flexibility index (Phi) is 5.18. The highest BCUT2D eigenvalue weighted by Gasteiger charge is 2.27. The molecule has 1 unspecified atom stereocenters. The second-order valence-electron chi connectivity index (χ2n) is 6.10. The minimum atomic E-state index is -0.222. The first-order valence-corrected chi connectivity index (χ1v) is 6.82. The van der Waals surface area contributed by atoms with Crippen LogP contribution in [0.3, 0.4) is 0 Å². The fraction of sp³-hybridized carbons (Fsp3) is 0.667. The average Bonchev–Trinajstić information content (AvgIpc) is 2.74. The summed E-state index contributed by atoms with van der Waals surface area (Å²) in [7, 11) is 0. The Labute approximate surface area is 115 Å². The maximum Gasteiger partial charge on any atom is 0.224 e. The van der Waals surface area contributed by atoms with Crippen molar-refractivity contribution in [3.8, 4) is 0 Å². The third-order valence-electron chi connectivity index (χ3n) is 3.51. The molecule has 4 nitrogen and oxygen atoms in total. The van der Waals surface area contributed by atoms with E-state index in [2.05, 4.69) is 19.2 Å².